The summed E-state index contributed by atoms with van der Waals surface area (Å²) in [5.41, 5.74) is 3.94. The fourth-order valence-electron chi connectivity index (χ4n) is 3.55. The second kappa shape index (κ2) is 17.1. The third-order valence-electron chi connectivity index (χ3n) is 4.32. The van der Waals surface area contributed by atoms with Crippen LogP contribution in [0.1, 0.15) is 83.1 Å². The lowest BCUT2D eigenvalue weighted by atomic mass is 9.98. The zero-order chi connectivity index (χ0) is 22.3. The van der Waals surface area contributed by atoms with Gasteiger partial charge in [-0.3, -0.25) is 15.0 Å². The van der Waals surface area contributed by atoms with Crippen LogP contribution in [0.4, 0.5) is 0 Å². The first kappa shape index (κ1) is 30.7. The summed E-state index contributed by atoms with van der Waals surface area (Å²) in [4.78, 5) is 12.6. The molecule has 0 bridgehead atoms. The molecule has 0 spiro atoms. The van der Waals surface area contributed by atoms with Crippen molar-refractivity contribution >= 4 is 17.1 Å². The monoisotopic (exact) mass is 381 g/mol. The summed E-state index contributed by atoms with van der Waals surface area (Å²) < 4.78 is 0. The lowest BCUT2D eigenvalue weighted by molar-refractivity contribution is 0.762. The molecule has 0 unspecified atom stereocenters. The zero-order valence-electron chi connectivity index (χ0n) is 21.3. The van der Waals surface area contributed by atoms with Gasteiger partial charge in [-0.2, -0.15) is 0 Å². The second-order valence-corrected chi connectivity index (χ2v) is 8.87. The van der Waals surface area contributed by atoms with Crippen molar-refractivity contribution in [2.75, 3.05) is 21.1 Å². The van der Waals surface area contributed by atoms with E-state index in [9.17, 15) is 0 Å². The van der Waals surface area contributed by atoms with E-state index in [4.69, 9.17) is 0 Å². The highest BCUT2D eigenvalue weighted by molar-refractivity contribution is 5.88. The Labute approximate surface area is 172 Å². The van der Waals surface area contributed by atoms with Crippen molar-refractivity contribution in [2.45, 2.75) is 83.1 Å². The van der Waals surface area contributed by atoms with E-state index in [-0.39, 0.29) is 0 Å². The van der Waals surface area contributed by atoms with Crippen LogP contribution in [0, 0.1) is 35.5 Å². The molecule has 0 amide bonds. The Morgan fingerprint density at radius 2 is 0.444 bits per heavy atom. The minimum Gasteiger partial charge on any atom is -0.297 e. The summed E-state index contributed by atoms with van der Waals surface area (Å²) in [5, 5.41) is 0. The van der Waals surface area contributed by atoms with Gasteiger partial charge in [-0.05, 0) is 35.5 Å². The van der Waals surface area contributed by atoms with Gasteiger partial charge in [-0.1, -0.05) is 83.1 Å². The van der Waals surface area contributed by atoms with Gasteiger partial charge >= 0.3 is 0 Å². The number of hydrogen-bond donors (Lipinski definition) is 0. The molecule has 0 radical (unpaired) electrons. The Morgan fingerprint density at radius 3 is 0.444 bits per heavy atom. The van der Waals surface area contributed by atoms with Gasteiger partial charge < -0.3 is 0 Å². The molecule has 162 valence electrons. The second-order valence-electron chi connectivity index (χ2n) is 8.87. The standard InChI is InChI=1S/3C8H17N/c3*1-6(2)8(9-5)7(3)4/h3*6-7H,1-5H3. The molecule has 0 saturated carbocycles. The van der Waals surface area contributed by atoms with Gasteiger partial charge in [-0.15, -0.1) is 0 Å². The molecule has 0 aliphatic carbocycles. The SMILES string of the molecule is CN=C(C(C)C)C(C)C.CN=C(C(C)C)C(C)C.CN=C(C(C)C)C(C)C. The first-order valence-electron chi connectivity index (χ1n) is 10.7. The zero-order valence-corrected chi connectivity index (χ0v) is 21.3. The molecule has 0 aliphatic rings. The lowest BCUT2D eigenvalue weighted by Crippen LogP contribution is -2.14. The highest BCUT2D eigenvalue weighted by atomic mass is 14.7. The largest absolute Gasteiger partial charge is 0.297 e. The van der Waals surface area contributed by atoms with E-state index >= 15 is 0 Å². The van der Waals surface area contributed by atoms with Gasteiger partial charge in [0.1, 0.15) is 0 Å². The summed E-state index contributed by atoms with van der Waals surface area (Å²) >= 11 is 0. The van der Waals surface area contributed by atoms with Crippen LogP contribution in [0.3, 0.4) is 0 Å². The molecule has 0 aromatic heterocycles. The summed E-state index contributed by atoms with van der Waals surface area (Å²) in [6.07, 6.45) is 0. The first-order chi connectivity index (χ1) is 12.3. The highest BCUT2D eigenvalue weighted by Gasteiger charge is 2.08. The Morgan fingerprint density at radius 1 is 0.333 bits per heavy atom. The maximum absolute atomic E-state index is 4.20. The maximum Gasteiger partial charge on any atom is 0.0276 e. The molecule has 0 aliphatic heterocycles. The van der Waals surface area contributed by atoms with Crippen molar-refractivity contribution < 1.29 is 0 Å². The van der Waals surface area contributed by atoms with Crippen LogP contribution in [0.5, 0.6) is 0 Å². The van der Waals surface area contributed by atoms with E-state index in [1.54, 1.807) is 0 Å². The quantitative estimate of drug-likeness (QED) is 0.440. The van der Waals surface area contributed by atoms with Gasteiger partial charge in [0.2, 0.25) is 0 Å². The predicted octanol–water partition coefficient (Wildman–Crippen LogP) is 7.11. The van der Waals surface area contributed by atoms with E-state index < -0.39 is 0 Å². The summed E-state index contributed by atoms with van der Waals surface area (Å²) in [7, 11) is 5.61. The molecule has 0 saturated heterocycles. The average molecular weight is 382 g/mol. The molecule has 0 N–H and O–H groups in total. The van der Waals surface area contributed by atoms with Gasteiger partial charge in [0, 0.05) is 38.3 Å². The molecule has 0 heterocycles. The molecular formula is C24H51N3. The van der Waals surface area contributed by atoms with Crippen LogP contribution < -0.4 is 0 Å². The molecule has 3 heteroatoms. The molecule has 27 heavy (non-hydrogen) atoms. The van der Waals surface area contributed by atoms with Crippen molar-refractivity contribution in [2.24, 2.45) is 50.5 Å². The minimum atomic E-state index is 0.606. The highest BCUT2D eigenvalue weighted by Crippen LogP contribution is 2.07. The average Bonchev–Trinajstić information content (AvgIpc) is 2.47. The Kier molecular flexibility index (Phi) is 19.5. The van der Waals surface area contributed by atoms with Gasteiger partial charge in [0.05, 0.1) is 0 Å². The van der Waals surface area contributed by atoms with Gasteiger partial charge in [0.15, 0.2) is 0 Å². The van der Waals surface area contributed by atoms with Crippen LogP contribution >= 0.6 is 0 Å². The number of aliphatic imine (C=N–C) groups is 3. The fraction of sp³-hybridized carbons (Fsp3) is 0.875. The molecular weight excluding hydrogens is 330 g/mol. The van der Waals surface area contributed by atoms with E-state index in [0.29, 0.717) is 35.5 Å². The minimum absolute atomic E-state index is 0.606. The van der Waals surface area contributed by atoms with Crippen LogP contribution in [0.2, 0.25) is 0 Å². The van der Waals surface area contributed by atoms with Crippen molar-refractivity contribution in [3.8, 4) is 0 Å². The Bertz CT molecular complexity index is 340. The topological polar surface area (TPSA) is 37.1 Å². The molecule has 0 aromatic carbocycles. The lowest BCUT2D eigenvalue weighted by Gasteiger charge is -2.11. The predicted molar refractivity (Wildman–Crippen MR) is 129 cm³/mol. The molecule has 0 fully saturated rings. The van der Waals surface area contributed by atoms with Gasteiger partial charge in [-0.25, -0.2) is 0 Å². The molecule has 0 aromatic rings. The van der Waals surface area contributed by atoms with Crippen LogP contribution in [-0.4, -0.2) is 38.3 Å². The summed E-state index contributed by atoms with van der Waals surface area (Å²) in [6, 6.07) is 0. The molecule has 0 atom stereocenters. The third-order valence-corrected chi connectivity index (χ3v) is 4.32. The van der Waals surface area contributed by atoms with Crippen LogP contribution in [-0.2, 0) is 0 Å². The number of hydrogen-bond acceptors (Lipinski definition) is 3. The fourth-order valence-corrected chi connectivity index (χ4v) is 3.55. The van der Waals surface area contributed by atoms with E-state index in [0.717, 1.165) is 0 Å². The smallest absolute Gasteiger partial charge is 0.0276 e. The van der Waals surface area contributed by atoms with Crippen molar-refractivity contribution in [1.29, 1.82) is 0 Å². The van der Waals surface area contributed by atoms with E-state index in [2.05, 4.69) is 98.1 Å². The van der Waals surface area contributed by atoms with E-state index in [1.165, 1.54) is 17.1 Å². The van der Waals surface area contributed by atoms with Crippen molar-refractivity contribution in [3.05, 3.63) is 0 Å². The molecule has 0 rings (SSSR count). The summed E-state index contributed by atoms with van der Waals surface area (Å²) in [5.74, 6) is 3.64. The number of nitrogens with zero attached hydrogens (tertiary/aromatic N) is 3. The van der Waals surface area contributed by atoms with Crippen LogP contribution in [0.15, 0.2) is 15.0 Å². The Balaban J connectivity index is -0.000000320. The normalized spacial score (nSPS) is 10.6. The first-order valence-corrected chi connectivity index (χ1v) is 10.7. The van der Waals surface area contributed by atoms with Crippen LogP contribution in [0.25, 0.3) is 0 Å². The van der Waals surface area contributed by atoms with Crippen molar-refractivity contribution in [3.63, 3.8) is 0 Å². The summed E-state index contributed by atoms with van der Waals surface area (Å²) in [6.45, 7) is 26.2. The maximum atomic E-state index is 4.20. The van der Waals surface area contributed by atoms with Crippen molar-refractivity contribution in [1.82, 2.24) is 0 Å². The Hall–Kier alpha value is -0.990. The number of rotatable bonds is 6. The van der Waals surface area contributed by atoms with Gasteiger partial charge in [0.25, 0.3) is 0 Å². The molecule has 3 nitrogen and oxygen atoms in total. The third kappa shape index (κ3) is 15.7. The van der Waals surface area contributed by atoms with E-state index in [1.807, 2.05) is 21.1 Å².